The summed E-state index contributed by atoms with van der Waals surface area (Å²) >= 11 is 4.69. The molecule has 110 valence electrons. The van der Waals surface area contributed by atoms with Crippen LogP contribution in [-0.4, -0.2) is 10.9 Å². The molecule has 1 atom stereocenters. The first-order chi connectivity index (χ1) is 9.16. The van der Waals surface area contributed by atoms with Crippen molar-refractivity contribution in [2.75, 3.05) is 5.32 Å². The van der Waals surface area contributed by atoms with E-state index < -0.39 is 29.4 Å². The van der Waals surface area contributed by atoms with Crippen molar-refractivity contribution in [1.29, 1.82) is 0 Å². The molecule has 0 aliphatic rings. The molecule has 0 bridgehead atoms. The fourth-order valence-electron chi connectivity index (χ4n) is 1.57. The number of benzene rings is 1. The zero-order chi connectivity index (χ0) is 15.5. The Balaban J connectivity index is 3.00. The zero-order valence-corrected chi connectivity index (χ0v) is 11.2. The molecule has 0 aliphatic carbocycles. The molecular formula is C12H12F4N2OS. The van der Waals surface area contributed by atoms with Gasteiger partial charge in [0.25, 0.3) is 0 Å². The maximum atomic E-state index is 13.1. The van der Waals surface area contributed by atoms with Gasteiger partial charge in [0.15, 0.2) is 0 Å². The normalized spacial score (nSPS) is 12.8. The van der Waals surface area contributed by atoms with E-state index in [2.05, 4.69) is 5.32 Å². The minimum atomic E-state index is -4.84. The quantitative estimate of drug-likeness (QED) is 0.664. The van der Waals surface area contributed by atoms with Gasteiger partial charge in [0.1, 0.15) is 5.82 Å². The summed E-state index contributed by atoms with van der Waals surface area (Å²) in [6.45, 7) is 1.66. The third kappa shape index (κ3) is 3.89. The smallest absolute Gasteiger partial charge is 0.393 e. The fraction of sp³-hybridized carbons (Fsp3) is 0.333. The van der Waals surface area contributed by atoms with E-state index in [-0.39, 0.29) is 10.7 Å². The second kappa shape index (κ2) is 6.17. The minimum Gasteiger partial charge on any atom is -0.393 e. The number of hydrogen-bond donors (Lipinski definition) is 2. The van der Waals surface area contributed by atoms with Gasteiger partial charge in [-0.25, -0.2) is 4.39 Å². The highest BCUT2D eigenvalue weighted by atomic mass is 32.1. The van der Waals surface area contributed by atoms with Gasteiger partial charge in [-0.3, -0.25) is 4.79 Å². The third-order valence-corrected chi connectivity index (χ3v) is 2.89. The molecule has 20 heavy (non-hydrogen) atoms. The number of nitrogens with one attached hydrogen (secondary N) is 1. The van der Waals surface area contributed by atoms with Crippen molar-refractivity contribution in [2.45, 2.75) is 19.5 Å². The lowest BCUT2D eigenvalue weighted by molar-refractivity contribution is -0.140. The maximum absolute atomic E-state index is 13.1. The number of amides is 1. The van der Waals surface area contributed by atoms with E-state index in [0.717, 1.165) is 6.07 Å². The number of carbonyl (C=O) groups excluding carboxylic acids is 1. The summed E-state index contributed by atoms with van der Waals surface area (Å²) in [6, 6.07) is 2.20. The van der Waals surface area contributed by atoms with E-state index in [0.29, 0.717) is 18.6 Å². The van der Waals surface area contributed by atoms with Crippen molar-refractivity contribution in [1.82, 2.24) is 0 Å². The van der Waals surface area contributed by atoms with Crippen molar-refractivity contribution in [2.24, 2.45) is 11.7 Å². The van der Waals surface area contributed by atoms with Gasteiger partial charge < -0.3 is 11.1 Å². The van der Waals surface area contributed by atoms with E-state index in [1.807, 2.05) is 0 Å². The molecule has 1 amide bonds. The highest BCUT2D eigenvalue weighted by Gasteiger charge is 2.34. The Hall–Kier alpha value is -1.70. The molecule has 0 saturated carbocycles. The van der Waals surface area contributed by atoms with Crippen molar-refractivity contribution in [3.8, 4) is 0 Å². The molecule has 1 aromatic carbocycles. The summed E-state index contributed by atoms with van der Waals surface area (Å²) in [5.41, 5.74) is 3.74. The van der Waals surface area contributed by atoms with Gasteiger partial charge in [0, 0.05) is 5.69 Å². The van der Waals surface area contributed by atoms with Gasteiger partial charge in [0.05, 0.1) is 16.5 Å². The number of carbonyl (C=O) groups is 1. The molecule has 0 heterocycles. The molecule has 0 aromatic heterocycles. The Bertz CT molecular complexity index is 531. The van der Waals surface area contributed by atoms with E-state index in [4.69, 9.17) is 18.0 Å². The predicted molar refractivity (Wildman–Crippen MR) is 70.6 cm³/mol. The Morgan fingerprint density at radius 3 is 2.50 bits per heavy atom. The highest BCUT2D eigenvalue weighted by Crippen LogP contribution is 2.33. The average Bonchev–Trinajstić information content (AvgIpc) is 2.30. The number of hydrogen-bond acceptors (Lipinski definition) is 2. The lowest BCUT2D eigenvalue weighted by Crippen LogP contribution is -2.32. The van der Waals surface area contributed by atoms with Crippen LogP contribution in [0.4, 0.5) is 23.2 Å². The number of alkyl halides is 3. The standard InChI is InChI=1S/C12H12F4N2OS/c1-2-7(10(17)20)11(19)18-6-3-4-9(13)8(5-6)12(14,15)16/h3-5,7H,2H2,1H3,(H2,17,20)(H,18,19). The van der Waals surface area contributed by atoms with Gasteiger partial charge in [-0.1, -0.05) is 19.1 Å². The van der Waals surface area contributed by atoms with Gasteiger partial charge in [0.2, 0.25) is 5.91 Å². The number of halogens is 4. The second-order valence-electron chi connectivity index (χ2n) is 4.04. The van der Waals surface area contributed by atoms with E-state index in [9.17, 15) is 22.4 Å². The van der Waals surface area contributed by atoms with Crippen LogP contribution in [0, 0.1) is 11.7 Å². The summed E-state index contributed by atoms with van der Waals surface area (Å²) in [7, 11) is 0. The average molecular weight is 308 g/mol. The van der Waals surface area contributed by atoms with Crippen molar-refractivity contribution in [3.05, 3.63) is 29.6 Å². The third-order valence-electron chi connectivity index (χ3n) is 2.61. The topological polar surface area (TPSA) is 55.1 Å². The number of anilines is 1. The molecule has 0 fully saturated rings. The Morgan fingerprint density at radius 1 is 1.45 bits per heavy atom. The van der Waals surface area contributed by atoms with Gasteiger partial charge in [-0.15, -0.1) is 0 Å². The maximum Gasteiger partial charge on any atom is 0.419 e. The lowest BCUT2D eigenvalue weighted by atomic mass is 10.1. The molecule has 3 N–H and O–H groups in total. The SMILES string of the molecule is CCC(C(=O)Nc1ccc(F)c(C(F)(F)F)c1)C(N)=S. The Morgan fingerprint density at radius 2 is 2.05 bits per heavy atom. The summed E-state index contributed by atoms with van der Waals surface area (Å²) in [5.74, 6) is -2.82. The predicted octanol–water partition coefficient (Wildman–Crippen LogP) is 3.10. The van der Waals surface area contributed by atoms with Crippen LogP contribution in [0.3, 0.4) is 0 Å². The van der Waals surface area contributed by atoms with Gasteiger partial charge in [-0.05, 0) is 24.6 Å². The van der Waals surface area contributed by atoms with Crippen LogP contribution in [0.1, 0.15) is 18.9 Å². The summed E-state index contributed by atoms with van der Waals surface area (Å²) in [6.07, 6.45) is -4.52. The Kier molecular flexibility index (Phi) is 5.04. The van der Waals surface area contributed by atoms with Crippen LogP contribution in [0.2, 0.25) is 0 Å². The second-order valence-corrected chi connectivity index (χ2v) is 4.52. The van der Waals surface area contributed by atoms with Crippen molar-refractivity contribution in [3.63, 3.8) is 0 Å². The van der Waals surface area contributed by atoms with Crippen molar-refractivity contribution < 1.29 is 22.4 Å². The molecule has 3 nitrogen and oxygen atoms in total. The highest BCUT2D eigenvalue weighted by molar-refractivity contribution is 7.80. The largest absolute Gasteiger partial charge is 0.419 e. The van der Waals surface area contributed by atoms with E-state index in [1.165, 1.54) is 0 Å². The van der Waals surface area contributed by atoms with Crippen LogP contribution >= 0.6 is 12.2 Å². The summed E-state index contributed by atoms with van der Waals surface area (Å²) in [4.78, 5) is 11.7. The van der Waals surface area contributed by atoms with Gasteiger partial charge >= 0.3 is 6.18 Å². The van der Waals surface area contributed by atoms with Crippen LogP contribution in [0.5, 0.6) is 0 Å². The molecule has 0 aliphatic heterocycles. The molecule has 0 spiro atoms. The molecule has 8 heteroatoms. The van der Waals surface area contributed by atoms with E-state index in [1.54, 1.807) is 6.92 Å². The van der Waals surface area contributed by atoms with E-state index >= 15 is 0 Å². The van der Waals surface area contributed by atoms with Gasteiger partial charge in [-0.2, -0.15) is 13.2 Å². The molecule has 1 aromatic rings. The first-order valence-electron chi connectivity index (χ1n) is 5.63. The first kappa shape index (κ1) is 16.4. The molecule has 1 unspecified atom stereocenters. The Labute approximate surface area is 118 Å². The zero-order valence-electron chi connectivity index (χ0n) is 10.4. The fourth-order valence-corrected chi connectivity index (χ4v) is 1.84. The number of nitrogens with two attached hydrogens (primary N) is 1. The van der Waals surface area contributed by atoms with Crippen LogP contribution in [-0.2, 0) is 11.0 Å². The van der Waals surface area contributed by atoms with Crippen LogP contribution in [0.25, 0.3) is 0 Å². The molecule has 0 radical (unpaired) electrons. The van der Waals surface area contributed by atoms with Crippen molar-refractivity contribution >= 4 is 28.8 Å². The summed E-state index contributed by atoms with van der Waals surface area (Å²) in [5, 5.41) is 2.24. The summed E-state index contributed by atoms with van der Waals surface area (Å²) < 4.78 is 50.7. The first-order valence-corrected chi connectivity index (χ1v) is 6.04. The lowest BCUT2D eigenvalue weighted by Gasteiger charge is -2.15. The molecule has 0 saturated heterocycles. The number of rotatable bonds is 4. The monoisotopic (exact) mass is 308 g/mol. The number of thiocarbonyl (C=S) groups is 1. The van der Waals surface area contributed by atoms with Crippen LogP contribution < -0.4 is 11.1 Å². The minimum absolute atomic E-state index is 0.0526. The van der Waals surface area contributed by atoms with Crippen LogP contribution in [0.15, 0.2) is 18.2 Å². The molecular weight excluding hydrogens is 296 g/mol. The molecule has 1 rings (SSSR count).